The first-order chi connectivity index (χ1) is 40.6. The van der Waals surface area contributed by atoms with Gasteiger partial charge in [0.15, 0.2) is 23.3 Å². The lowest BCUT2D eigenvalue weighted by Crippen LogP contribution is -2.08. The molecule has 12 heteroatoms. The molecule has 0 unspecified atom stereocenters. The largest absolute Gasteiger partial charge is 0.456 e. The molecule has 0 aliphatic rings. The quantitative estimate of drug-likeness (QED) is 0.144. The Balaban J connectivity index is 0.929. The van der Waals surface area contributed by atoms with E-state index in [1.807, 2.05) is 140 Å². The van der Waals surface area contributed by atoms with Crippen LogP contribution in [0.5, 0.6) is 0 Å². The Bertz CT molecular complexity index is 5200. The van der Waals surface area contributed by atoms with Crippen LogP contribution in [0.15, 0.2) is 251 Å². The highest BCUT2D eigenvalue weighted by Crippen LogP contribution is 2.43. The molecule has 12 nitrogen and oxygen atoms in total. The Kier molecular flexibility index (Phi) is 10.0. The van der Waals surface area contributed by atoms with Crippen molar-refractivity contribution in [1.82, 2.24) is 49.0 Å². The lowest BCUT2D eigenvalue weighted by Gasteiger charge is -2.12. The summed E-state index contributed by atoms with van der Waals surface area (Å²) in [5.74, 6) is 2.66. The monoisotopic (exact) mass is 1050 g/mol. The van der Waals surface area contributed by atoms with Crippen molar-refractivity contribution in [3.63, 3.8) is 0 Å². The maximum Gasteiger partial charge on any atom is 0.238 e. The molecule has 0 spiro atoms. The third-order valence-corrected chi connectivity index (χ3v) is 15.5. The van der Waals surface area contributed by atoms with Crippen molar-refractivity contribution < 1.29 is 8.83 Å². The van der Waals surface area contributed by atoms with E-state index >= 15 is 0 Å². The molecule has 0 saturated heterocycles. The molecule has 0 bridgehead atoms. The smallest absolute Gasteiger partial charge is 0.238 e. The summed E-state index contributed by atoms with van der Waals surface area (Å²) in [5.41, 5.74) is 13.2. The van der Waals surface area contributed by atoms with Gasteiger partial charge in [0.25, 0.3) is 0 Å². The zero-order chi connectivity index (χ0) is 53.8. The Morgan fingerprint density at radius 3 is 1.26 bits per heavy atom. The number of furan rings is 2. The van der Waals surface area contributed by atoms with E-state index in [0.29, 0.717) is 46.6 Å². The molecule has 8 heterocycles. The highest BCUT2D eigenvalue weighted by Gasteiger charge is 2.26. The van der Waals surface area contributed by atoms with Crippen molar-refractivity contribution in [2.75, 3.05) is 0 Å². The zero-order valence-corrected chi connectivity index (χ0v) is 43.4. The average Bonchev–Trinajstić information content (AvgIpc) is 2.36. The summed E-state index contributed by atoms with van der Waals surface area (Å²) in [6.45, 7) is 0. The second-order valence-electron chi connectivity index (χ2n) is 20.3. The van der Waals surface area contributed by atoms with E-state index in [-0.39, 0.29) is 0 Å². The van der Waals surface area contributed by atoms with Crippen molar-refractivity contribution in [2.24, 2.45) is 0 Å². The van der Waals surface area contributed by atoms with Crippen LogP contribution in [0.25, 0.3) is 168 Å². The van der Waals surface area contributed by atoms with Crippen LogP contribution in [0.4, 0.5) is 0 Å². The fraction of sp³-hybridized carbons (Fsp3) is 0. The maximum atomic E-state index is 6.31. The van der Waals surface area contributed by atoms with E-state index in [0.717, 1.165) is 121 Å². The number of aromatic nitrogens is 10. The Hall–Kier alpha value is -11.5. The second-order valence-corrected chi connectivity index (χ2v) is 20.3. The van der Waals surface area contributed by atoms with Crippen LogP contribution in [0.2, 0.25) is 0 Å². The molecule has 17 rings (SSSR count). The van der Waals surface area contributed by atoms with Crippen molar-refractivity contribution in [3.05, 3.63) is 243 Å². The van der Waals surface area contributed by atoms with E-state index in [2.05, 4.69) is 112 Å². The van der Waals surface area contributed by atoms with Crippen LogP contribution in [-0.4, -0.2) is 49.0 Å². The SMILES string of the molecule is c1ccc(-c2cccc(-c3nc(-c4cccc(-c5ccccc5)n4)nc(-n4c5ccccc5c5c4ccc4c6ccccc6n(-c6nc(-c7ccc8oc9ccccc9c8c7)nc(-c7ccc8oc9ccccc9c8c7)n6)c45)n3)n2)cc1. The molecule has 0 amide bonds. The van der Waals surface area contributed by atoms with Crippen molar-refractivity contribution >= 4 is 87.5 Å². The van der Waals surface area contributed by atoms with Gasteiger partial charge in [0, 0.05) is 65.3 Å². The molecule has 0 N–H and O–H groups in total. The number of fused-ring (bicyclic) bond motifs is 13. The molecular weight excluding hydrogens is 1010 g/mol. The summed E-state index contributed by atoms with van der Waals surface area (Å²) in [4.78, 5) is 42.5. The first-order valence-corrected chi connectivity index (χ1v) is 27.0. The molecule has 8 aromatic heterocycles. The summed E-state index contributed by atoms with van der Waals surface area (Å²) in [6.07, 6.45) is 0. The molecule has 82 heavy (non-hydrogen) atoms. The number of pyridine rings is 2. The molecule has 9 aromatic carbocycles. The molecule has 0 aliphatic carbocycles. The van der Waals surface area contributed by atoms with Crippen molar-refractivity contribution in [3.8, 4) is 80.2 Å². The Morgan fingerprint density at radius 1 is 0.244 bits per heavy atom. The van der Waals surface area contributed by atoms with E-state index in [9.17, 15) is 0 Å². The fourth-order valence-corrected chi connectivity index (χ4v) is 11.7. The third kappa shape index (κ3) is 7.25. The van der Waals surface area contributed by atoms with E-state index in [1.165, 1.54) is 0 Å². The number of hydrogen-bond donors (Lipinski definition) is 0. The molecule has 382 valence electrons. The van der Waals surface area contributed by atoms with Crippen LogP contribution in [0.1, 0.15) is 0 Å². The summed E-state index contributed by atoms with van der Waals surface area (Å²) < 4.78 is 16.9. The van der Waals surface area contributed by atoms with Gasteiger partial charge in [0.05, 0.1) is 33.5 Å². The lowest BCUT2D eigenvalue weighted by atomic mass is 10.1. The molecule has 0 radical (unpaired) electrons. The van der Waals surface area contributed by atoms with Gasteiger partial charge in [0.2, 0.25) is 11.9 Å². The van der Waals surface area contributed by atoms with Crippen LogP contribution in [-0.2, 0) is 0 Å². The number of nitrogens with zero attached hydrogens (tertiary/aromatic N) is 10. The van der Waals surface area contributed by atoms with Crippen LogP contribution in [0, 0.1) is 0 Å². The highest BCUT2D eigenvalue weighted by atomic mass is 16.3. The average molecular weight is 1050 g/mol. The number of rotatable bonds is 8. The number of para-hydroxylation sites is 4. The fourth-order valence-electron chi connectivity index (χ4n) is 11.7. The van der Waals surface area contributed by atoms with Gasteiger partial charge in [-0.25, -0.2) is 19.9 Å². The highest BCUT2D eigenvalue weighted by molar-refractivity contribution is 6.26. The van der Waals surface area contributed by atoms with Gasteiger partial charge in [-0.05, 0) is 91.0 Å². The van der Waals surface area contributed by atoms with Gasteiger partial charge in [-0.15, -0.1) is 0 Å². The third-order valence-electron chi connectivity index (χ3n) is 15.5. The molecule has 17 aromatic rings. The summed E-state index contributed by atoms with van der Waals surface area (Å²) in [6, 6.07) is 81.8. The van der Waals surface area contributed by atoms with Crippen LogP contribution < -0.4 is 0 Å². The van der Waals surface area contributed by atoms with E-state index in [4.69, 9.17) is 48.7 Å². The van der Waals surface area contributed by atoms with Gasteiger partial charge in [-0.1, -0.05) is 152 Å². The van der Waals surface area contributed by atoms with Gasteiger partial charge >= 0.3 is 0 Å². The Morgan fingerprint density at radius 2 is 0.683 bits per heavy atom. The maximum absolute atomic E-state index is 6.31. The van der Waals surface area contributed by atoms with Gasteiger partial charge < -0.3 is 8.83 Å². The second kappa shape index (κ2) is 18.0. The first kappa shape index (κ1) is 45.5. The predicted molar refractivity (Wildman–Crippen MR) is 325 cm³/mol. The predicted octanol–water partition coefficient (Wildman–Crippen LogP) is 16.8. The molecular formula is C70H40N10O2. The zero-order valence-electron chi connectivity index (χ0n) is 43.4. The molecule has 0 saturated carbocycles. The summed E-state index contributed by atoms with van der Waals surface area (Å²) >= 11 is 0. The van der Waals surface area contributed by atoms with Crippen molar-refractivity contribution in [1.29, 1.82) is 0 Å². The minimum Gasteiger partial charge on any atom is -0.456 e. The van der Waals surface area contributed by atoms with Gasteiger partial charge in [-0.3, -0.25) is 9.13 Å². The number of benzene rings is 9. The Labute approximate surface area is 466 Å². The van der Waals surface area contributed by atoms with Crippen molar-refractivity contribution in [2.45, 2.75) is 0 Å². The molecule has 0 atom stereocenters. The molecule has 0 aliphatic heterocycles. The summed E-state index contributed by atoms with van der Waals surface area (Å²) in [5, 5.41) is 7.97. The van der Waals surface area contributed by atoms with Crippen LogP contribution >= 0.6 is 0 Å². The summed E-state index contributed by atoms with van der Waals surface area (Å²) in [7, 11) is 0. The molecule has 0 fully saturated rings. The standard InChI is InChI=1S/C70H40N10O2/c1-3-17-41(18-4-1)52-25-15-27-54(71-52)67-74-68(55-28-16-26-53(72-55)42-19-5-2-6-20-42)78-69(77-67)79-57-30-12-8-24-49(57)63-58(79)36-35-48-45-21-7-11-29-56(45)80(64(48)63)70-75-65(43-33-37-61-50(39-43)46-22-9-13-31-59(46)81-61)73-66(76-70)44-34-38-62-51(40-44)47-23-10-14-32-60(47)82-62/h1-40H. The topological polar surface area (TPSA) is 139 Å². The first-order valence-electron chi connectivity index (χ1n) is 27.0. The van der Waals surface area contributed by atoms with Crippen LogP contribution in [0.3, 0.4) is 0 Å². The van der Waals surface area contributed by atoms with Gasteiger partial charge in [-0.2, -0.15) is 19.9 Å². The number of hydrogen-bond acceptors (Lipinski definition) is 10. The van der Waals surface area contributed by atoms with Gasteiger partial charge in [0.1, 0.15) is 33.7 Å². The van der Waals surface area contributed by atoms with E-state index in [1.54, 1.807) is 0 Å². The minimum atomic E-state index is 0.402. The minimum absolute atomic E-state index is 0.402. The lowest BCUT2D eigenvalue weighted by molar-refractivity contribution is 0.668. The normalized spacial score (nSPS) is 11.9. The van der Waals surface area contributed by atoms with E-state index < -0.39 is 0 Å².